The first-order chi connectivity index (χ1) is 28.8. The molecule has 0 aliphatic carbocycles. The van der Waals surface area contributed by atoms with Crippen molar-refractivity contribution in [3.63, 3.8) is 0 Å². The minimum Gasteiger partial charge on any atom is -0.0622 e. The quantitative estimate of drug-likeness (QED) is 0.126. The Bertz CT molecular complexity index is 3970. The van der Waals surface area contributed by atoms with Gasteiger partial charge in [0.15, 0.2) is 0 Å². The van der Waals surface area contributed by atoms with Crippen LogP contribution in [0.25, 0.3) is 141 Å². The van der Waals surface area contributed by atoms with Gasteiger partial charge in [-0.15, -0.1) is 0 Å². The molecule has 0 unspecified atom stereocenters. The molecule has 0 fully saturated rings. The summed E-state index contributed by atoms with van der Waals surface area (Å²) >= 11 is 0. The summed E-state index contributed by atoms with van der Waals surface area (Å²) in [4.78, 5) is 0. The summed E-state index contributed by atoms with van der Waals surface area (Å²) in [7, 11) is 0. The minimum atomic E-state index is 1.24. The molecule has 14 aromatic rings. The predicted octanol–water partition coefficient (Wildman–Crippen LogP) is 16.5. The van der Waals surface area contributed by atoms with Crippen LogP contribution in [0, 0.1) is 0 Å². The molecule has 0 saturated heterocycles. The van der Waals surface area contributed by atoms with Gasteiger partial charge >= 0.3 is 0 Å². The van der Waals surface area contributed by atoms with E-state index in [-0.39, 0.29) is 0 Å². The molecule has 0 aromatic heterocycles. The van der Waals surface area contributed by atoms with Gasteiger partial charge in [-0.05, 0) is 147 Å². The summed E-state index contributed by atoms with van der Waals surface area (Å²) in [6.07, 6.45) is 0. The van der Waals surface area contributed by atoms with Gasteiger partial charge in [0.25, 0.3) is 0 Å². The average molecular weight is 729 g/mol. The monoisotopic (exact) mass is 728 g/mol. The highest BCUT2D eigenvalue weighted by molar-refractivity contribution is 6.53. The van der Waals surface area contributed by atoms with Crippen LogP contribution in [0.4, 0.5) is 0 Å². The number of fused-ring (bicyclic) bond motifs is 10. The van der Waals surface area contributed by atoms with Crippen LogP contribution in [0.15, 0.2) is 194 Å². The van der Waals surface area contributed by atoms with Crippen molar-refractivity contribution >= 4 is 108 Å². The summed E-state index contributed by atoms with van der Waals surface area (Å²) < 4.78 is 0. The highest BCUT2D eigenvalue weighted by Gasteiger charge is 2.28. The molecule has 0 atom stereocenters. The van der Waals surface area contributed by atoms with Crippen molar-refractivity contribution in [3.05, 3.63) is 194 Å². The molecule has 0 heteroatoms. The van der Waals surface area contributed by atoms with Crippen molar-refractivity contribution in [3.8, 4) is 33.4 Å². The Morgan fingerprint density at radius 3 is 1.19 bits per heavy atom. The molecule has 0 spiro atoms. The summed E-state index contributed by atoms with van der Waals surface area (Å²) in [6, 6.07) is 73.0. The number of hydrogen-bond acceptors (Lipinski definition) is 0. The fourth-order valence-corrected chi connectivity index (χ4v) is 11.3. The van der Waals surface area contributed by atoms with Crippen molar-refractivity contribution in [2.45, 2.75) is 0 Å². The van der Waals surface area contributed by atoms with Crippen LogP contribution in [-0.4, -0.2) is 0 Å². The Hall–Kier alpha value is -7.54. The molecule has 0 aliphatic rings. The van der Waals surface area contributed by atoms with Crippen LogP contribution in [0.2, 0.25) is 0 Å². The third kappa shape index (κ3) is 3.76. The summed E-state index contributed by atoms with van der Waals surface area (Å²) in [5, 5.41) is 26.7. The van der Waals surface area contributed by atoms with Gasteiger partial charge in [-0.2, -0.15) is 0 Å². The first-order valence-corrected chi connectivity index (χ1v) is 20.4. The zero-order chi connectivity index (χ0) is 37.6. The van der Waals surface area contributed by atoms with Crippen molar-refractivity contribution in [1.82, 2.24) is 0 Å². The van der Waals surface area contributed by atoms with Crippen LogP contribution in [0.5, 0.6) is 0 Å². The van der Waals surface area contributed by atoms with E-state index in [1.807, 2.05) is 0 Å². The molecule has 14 aromatic carbocycles. The van der Waals surface area contributed by atoms with E-state index in [0.717, 1.165) is 0 Å². The maximum Gasteiger partial charge on any atom is -0.000673 e. The average Bonchev–Trinajstić information content (AvgIpc) is 3.80. The third-order valence-corrected chi connectivity index (χ3v) is 13.5. The van der Waals surface area contributed by atoms with E-state index in [0.29, 0.717) is 0 Å². The van der Waals surface area contributed by atoms with E-state index in [1.165, 1.54) is 141 Å². The summed E-state index contributed by atoms with van der Waals surface area (Å²) in [5.41, 5.74) is 7.61. The van der Waals surface area contributed by atoms with Crippen molar-refractivity contribution in [2.75, 3.05) is 0 Å². The maximum absolute atomic E-state index is 2.57. The number of rotatable bonds is 3. The zero-order valence-electron chi connectivity index (χ0n) is 31.5. The molecule has 58 heavy (non-hydrogen) atoms. The van der Waals surface area contributed by atoms with Crippen molar-refractivity contribution in [1.29, 1.82) is 0 Å². The van der Waals surface area contributed by atoms with E-state index in [2.05, 4.69) is 194 Å². The first kappa shape index (κ1) is 30.7. The Morgan fingerprint density at radius 2 is 0.603 bits per heavy atom. The predicted molar refractivity (Wildman–Crippen MR) is 251 cm³/mol. The fraction of sp³-hybridized carbons (Fsp3) is 0. The lowest BCUT2D eigenvalue weighted by Crippen LogP contribution is -1.93. The van der Waals surface area contributed by atoms with E-state index in [9.17, 15) is 0 Å². The van der Waals surface area contributed by atoms with Gasteiger partial charge in [0.2, 0.25) is 0 Å². The van der Waals surface area contributed by atoms with Gasteiger partial charge in [0.1, 0.15) is 0 Å². The molecule has 0 heterocycles. The molecule has 0 N–H and O–H groups in total. The molecule has 0 saturated carbocycles. The lowest BCUT2D eigenvalue weighted by atomic mass is 9.81. The molecular weight excluding hydrogens is 697 g/mol. The highest BCUT2D eigenvalue weighted by Crippen LogP contribution is 2.57. The molecular formula is C58H32. The largest absolute Gasteiger partial charge is 0.0622 e. The molecule has 0 bridgehead atoms. The molecule has 0 radical (unpaired) electrons. The third-order valence-electron chi connectivity index (χ3n) is 13.5. The van der Waals surface area contributed by atoms with Gasteiger partial charge in [-0.3, -0.25) is 0 Å². The van der Waals surface area contributed by atoms with Gasteiger partial charge < -0.3 is 0 Å². The van der Waals surface area contributed by atoms with E-state index >= 15 is 0 Å². The molecule has 0 amide bonds. The Labute approximate surface area is 333 Å². The van der Waals surface area contributed by atoms with Gasteiger partial charge in [-0.1, -0.05) is 188 Å². The molecule has 264 valence electrons. The van der Waals surface area contributed by atoms with Crippen molar-refractivity contribution < 1.29 is 0 Å². The van der Waals surface area contributed by atoms with Crippen LogP contribution in [-0.2, 0) is 0 Å². The lowest BCUT2D eigenvalue weighted by Gasteiger charge is -2.21. The van der Waals surface area contributed by atoms with Crippen molar-refractivity contribution in [2.24, 2.45) is 0 Å². The van der Waals surface area contributed by atoms with Gasteiger partial charge in [0, 0.05) is 0 Å². The van der Waals surface area contributed by atoms with Gasteiger partial charge in [-0.25, -0.2) is 0 Å². The Balaban J connectivity index is 1.34. The molecule has 0 nitrogen and oxygen atoms in total. The minimum absolute atomic E-state index is 1.24. The summed E-state index contributed by atoms with van der Waals surface area (Å²) in [6.45, 7) is 0. The second-order valence-electron chi connectivity index (χ2n) is 16.2. The van der Waals surface area contributed by atoms with E-state index in [1.54, 1.807) is 0 Å². The molecule has 14 rings (SSSR count). The zero-order valence-corrected chi connectivity index (χ0v) is 31.5. The standard InChI is InChI=1S/C58H32/c1-4-14-33(15-5-1)37-28-30-45-52-40(37)24-13-27-44(52)56-54(45)50(36-18-8-3-9-19-36)48-32-47-41-22-10-20-35-21-11-25-42(49(35)41)53(47)55-43-26-12-23-39-38(34-16-6-2-7-17-34)29-31-46(51(39)43)57(56)58(48)55/h1-32H. The lowest BCUT2D eigenvalue weighted by molar-refractivity contribution is 1.67. The second-order valence-corrected chi connectivity index (χ2v) is 16.2. The highest BCUT2D eigenvalue weighted by atomic mass is 14.3. The number of benzene rings is 12. The van der Waals surface area contributed by atoms with E-state index in [4.69, 9.17) is 0 Å². The molecule has 0 aliphatic heterocycles. The number of hydrogen-bond donors (Lipinski definition) is 0. The van der Waals surface area contributed by atoms with Crippen LogP contribution in [0.1, 0.15) is 0 Å². The van der Waals surface area contributed by atoms with Crippen LogP contribution >= 0.6 is 0 Å². The smallest absolute Gasteiger partial charge is 0.000673 e. The Kier molecular flexibility index (Phi) is 5.85. The second kappa shape index (κ2) is 11.1. The SMILES string of the molecule is c1ccc(-c2ccc3c4c(-c5ccccc5)c5cc6c7cccc8cccc(c87)c6c6c7cccc8c(-c9ccccc9)ccc(c87)c(c4c4cccc2c34)c56)cc1. The Morgan fingerprint density at radius 1 is 0.190 bits per heavy atom. The topological polar surface area (TPSA) is 0 Å². The first-order valence-electron chi connectivity index (χ1n) is 20.4. The maximum atomic E-state index is 2.57. The normalized spacial score (nSPS) is 12.5. The van der Waals surface area contributed by atoms with Gasteiger partial charge in [0.05, 0.1) is 0 Å². The fourth-order valence-electron chi connectivity index (χ4n) is 11.3. The van der Waals surface area contributed by atoms with Crippen LogP contribution in [0.3, 0.4) is 0 Å². The van der Waals surface area contributed by atoms with E-state index < -0.39 is 0 Å². The summed E-state index contributed by atoms with van der Waals surface area (Å²) in [5.74, 6) is 0. The van der Waals surface area contributed by atoms with Crippen LogP contribution < -0.4 is 0 Å².